The number of esters is 2. The Morgan fingerprint density at radius 3 is 2.58 bits per heavy atom. The molecular formula is C31H27F3N4O5. The van der Waals surface area contributed by atoms with Gasteiger partial charge in [-0.05, 0) is 79.2 Å². The first-order chi connectivity index (χ1) is 20.8. The first kappa shape index (κ1) is 28.4. The number of pyridine rings is 1. The molecule has 2 aliphatic rings. The van der Waals surface area contributed by atoms with E-state index < -0.39 is 18.1 Å². The number of nitrogens with one attached hydrogen (secondary N) is 1. The van der Waals surface area contributed by atoms with Crippen LogP contribution < -0.4 is 14.8 Å². The number of ether oxygens (including phenoxy) is 3. The minimum Gasteiger partial charge on any atom is -0.454 e. The Kier molecular flexibility index (Phi) is 7.85. The fourth-order valence-electron chi connectivity index (χ4n) is 5.30. The van der Waals surface area contributed by atoms with Crippen LogP contribution in [0.25, 0.3) is 22.4 Å². The van der Waals surface area contributed by atoms with E-state index >= 15 is 0 Å². The van der Waals surface area contributed by atoms with E-state index in [-0.39, 0.29) is 19.0 Å². The molecule has 2 aromatic carbocycles. The van der Waals surface area contributed by atoms with Gasteiger partial charge in [0, 0.05) is 30.1 Å². The van der Waals surface area contributed by atoms with Crippen LogP contribution in [0.4, 0.5) is 13.2 Å². The zero-order chi connectivity index (χ0) is 30.0. The van der Waals surface area contributed by atoms with Crippen LogP contribution >= 0.6 is 0 Å². The minimum atomic E-state index is -5.28. The molecule has 222 valence electrons. The van der Waals surface area contributed by atoms with Crippen molar-refractivity contribution in [3.63, 3.8) is 0 Å². The van der Waals surface area contributed by atoms with Gasteiger partial charge in [-0.25, -0.2) is 9.59 Å². The van der Waals surface area contributed by atoms with E-state index in [1.54, 1.807) is 18.5 Å². The summed E-state index contributed by atoms with van der Waals surface area (Å²) >= 11 is 0. The van der Waals surface area contributed by atoms with Crippen molar-refractivity contribution in [1.82, 2.24) is 20.1 Å². The number of hydrogen-bond acceptors (Lipinski definition) is 8. The van der Waals surface area contributed by atoms with E-state index in [9.17, 15) is 22.8 Å². The lowest BCUT2D eigenvalue weighted by atomic mass is 9.90. The molecule has 12 heteroatoms. The molecule has 3 heterocycles. The maximum atomic E-state index is 12.8. The number of rotatable bonds is 9. The molecule has 0 radical (unpaired) electrons. The zero-order valence-electron chi connectivity index (χ0n) is 22.9. The highest BCUT2D eigenvalue weighted by Crippen LogP contribution is 2.36. The van der Waals surface area contributed by atoms with Crippen molar-refractivity contribution in [3.05, 3.63) is 83.3 Å². The second-order valence-electron chi connectivity index (χ2n) is 10.2. The predicted octanol–water partition coefficient (Wildman–Crippen LogP) is 4.91. The summed E-state index contributed by atoms with van der Waals surface area (Å²) in [7, 11) is 0. The van der Waals surface area contributed by atoms with Crippen molar-refractivity contribution in [2.45, 2.75) is 38.4 Å². The number of aryl methyl sites for hydroxylation is 2. The predicted molar refractivity (Wildman–Crippen MR) is 149 cm³/mol. The van der Waals surface area contributed by atoms with Gasteiger partial charge in [0.2, 0.25) is 6.79 Å². The second kappa shape index (κ2) is 11.9. The van der Waals surface area contributed by atoms with Gasteiger partial charge in [-0.1, -0.05) is 30.3 Å². The van der Waals surface area contributed by atoms with Gasteiger partial charge in [-0.3, -0.25) is 9.67 Å². The third-order valence-corrected chi connectivity index (χ3v) is 7.44. The summed E-state index contributed by atoms with van der Waals surface area (Å²) in [5, 5.41) is 7.91. The Morgan fingerprint density at radius 2 is 1.77 bits per heavy atom. The van der Waals surface area contributed by atoms with Crippen molar-refractivity contribution in [1.29, 1.82) is 0 Å². The average Bonchev–Trinajstić information content (AvgIpc) is 3.63. The Hall–Kier alpha value is -4.71. The smallest absolute Gasteiger partial charge is 0.454 e. The summed E-state index contributed by atoms with van der Waals surface area (Å²) in [5.41, 5.74) is 5.79. The Bertz CT molecular complexity index is 1670. The van der Waals surface area contributed by atoms with Crippen molar-refractivity contribution < 1.29 is 37.0 Å². The quantitative estimate of drug-likeness (QED) is 0.166. The van der Waals surface area contributed by atoms with Crippen LogP contribution in [0.15, 0.2) is 60.9 Å². The van der Waals surface area contributed by atoms with Crippen molar-refractivity contribution in [2.24, 2.45) is 0 Å². The molecule has 0 amide bonds. The molecular weight excluding hydrogens is 565 g/mol. The van der Waals surface area contributed by atoms with Gasteiger partial charge in [0.1, 0.15) is 0 Å². The number of alkyl halides is 3. The van der Waals surface area contributed by atoms with Gasteiger partial charge in [0.25, 0.3) is 0 Å². The topological polar surface area (TPSA) is 105 Å². The fourth-order valence-corrected chi connectivity index (χ4v) is 5.30. The number of nitrogens with zero attached hydrogens (tertiary/aromatic N) is 3. The molecule has 1 aliphatic heterocycles. The van der Waals surface area contributed by atoms with Crippen LogP contribution in [-0.2, 0) is 35.3 Å². The monoisotopic (exact) mass is 592 g/mol. The van der Waals surface area contributed by atoms with Gasteiger partial charge in [0.15, 0.2) is 17.2 Å². The molecule has 0 fully saturated rings. The number of carbonyl (C=O) groups is 2. The van der Waals surface area contributed by atoms with Crippen molar-refractivity contribution in [2.75, 3.05) is 19.9 Å². The van der Waals surface area contributed by atoms with Crippen LogP contribution in [0.2, 0.25) is 0 Å². The van der Waals surface area contributed by atoms with Gasteiger partial charge in [0.05, 0.1) is 5.69 Å². The summed E-state index contributed by atoms with van der Waals surface area (Å²) < 4.78 is 54.8. The summed E-state index contributed by atoms with van der Waals surface area (Å²) in [5.74, 6) is -2.42. The Labute approximate surface area is 244 Å². The molecule has 43 heavy (non-hydrogen) atoms. The van der Waals surface area contributed by atoms with Crippen molar-refractivity contribution >= 4 is 11.9 Å². The van der Waals surface area contributed by atoms with Crippen LogP contribution in [0.1, 0.15) is 33.6 Å². The number of halogens is 3. The molecule has 1 aliphatic carbocycles. The number of fused-ring (bicyclic) bond motifs is 4. The highest BCUT2D eigenvalue weighted by atomic mass is 19.4. The van der Waals surface area contributed by atoms with Crippen LogP contribution in [0, 0.1) is 0 Å². The SMILES string of the molecule is O=C(OC(=O)C(F)(F)F)c1c2c(nn1CCCNCCc1ccc(-c3ccc4c(c3)OCO4)cc1)-c1ccncc1CC2. The largest absolute Gasteiger partial charge is 0.491 e. The highest BCUT2D eigenvalue weighted by Gasteiger charge is 2.43. The molecule has 0 atom stereocenters. The normalized spacial score (nSPS) is 13.4. The molecule has 0 saturated carbocycles. The standard InChI is InChI=1S/C31H27F3N4O5/c32-31(33,34)30(40)43-29(39)28-24-8-6-22-17-36-14-11-23(22)27(24)37-38(28)15-1-12-35-13-10-19-2-4-20(5-3-19)21-7-9-25-26(16-21)42-18-41-25/h2-5,7,9,11,14,16-17,35H,1,6,8,10,12-13,15,18H2. The van der Waals surface area contributed by atoms with E-state index in [2.05, 4.69) is 44.4 Å². The van der Waals surface area contributed by atoms with E-state index in [1.807, 2.05) is 18.2 Å². The van der Waals surface area contributed by atoms with Crippen molar-refractivity contribution in [3.8, 4) is 33.9 Å². The third kappa shape index (κ3) is 6.09. The molecule has 1 N–H and O–H groups in total. The lowest BCUT2D eigenvalue weighted by Crippen LogP contribution is -2.29. The molecule has 4 aromatic rings. The summed E-state index contributed by atoms with van der Waals surface area (Å²) in [4.78, 5) is 28.3. The Morgan fingerprint density at radius 1 is 0.977 bits per heavy atom. The summed E-state index contributed by atoms with van der Waals surface area (Å²) in [6, 6.07) is 15.9. The van der Waals surface area contributed by atoms with E-state index in [0.29, 0.717) is 43.6 Å². The lowest BCUT2D eigenvalue weighted by Gasteiger charge is -2.15. The molecule has 9 nitrogen and oxygen atoms in total. The average molecular weight is 593 g/mol. The number of hydrogen-bond donors (Lipinski definition) is 1. The highest BCUT2D eigenvalue weighted by molar-refractivity contribution is 5.99. The van der Waals surface area contributed by atoms with Crippen LogP contribution in [0.5, 0.6) is 11.5 Å². The first-order valence-corrected chi connectivity index (χ1v) is 13.8. The second-order valence-corrected chi connectivity index (χ2v) is 10.2. The summed E-state index contributed by atoms with van der Waals surface area (Å²) in [6.07, 6.45) is 0.248. The van der Waals surface area contributed by atoms with E-state index in [1.165, 1.54) is 4.68 Å². The maximum absolute atomic E-state index is 12.8. The van der Waals surface area contributed by atoms with Gasteiger partial charge in [-0.2, -0.15) is 18.3 Å². The molecule has 6 rings (SSSR count). The van der Waals surface area contributed by atoms with Crippen LogP contribution in [-0.4, -0.2) is 52.8 Å². The number of aromatic nitrogens is 3. The van der Waals surface area contributed by atoms with Gasteiger partial charge >= 0.3 is 18.1 Å². The number of carbonyl (C=O) groups excluding carboxylic acids is 2. The molecule has 0 spiro atoms. The van der Waals surface area contributed by atoms with E-state index in [4.69, 9.17) is 9.47 Å². The molecule has 0 bridgehead atoms. The fraction of sp³-hybridized carbons (Fsp3) is 0.290. The summed E-state index contributed by atoms with van der Waals surface area (Å²) in [6.45, 7) is 1.76. The first-order valence-electron chi connectivity index (χ1n) is 13.8. The minimum absolute atomic E-state index is 0.127. The zero-order valence-corrected chi connectivity index (χ0v) is 22.9. The Balaban J connectivity index is 1.06. The number of benzene rings is 2. The van der Waals surface area contributed by atoms with E-state index in [0.717, 1.165) is 45.7 Å². The molecule has 0 saturated heterocycles. The molecule has 2 aromatic heterocycles. The third-order valence-electron chi connectivity index (χ3n) is 7.44. The van der Waals surface area contributed by atoms with Gasteiger partial charge in [-0.15, -0.1) is 0 Å². The van der Waals surface area contributed by atoms with Crippen LogP contribution in [0.3, 0.4) is 0 Å². The lowest BCUT2D eigenvalue weighted by molar-refractivity contribution is -0.193. The van der Waals surface area contributed by atoms with Gasteiger partial charge < -0.3 is 19.5 Å². The maximum Gasteiger partial charge on any atom is 0.491 e. The molecule has 0 unspecified atom stereocenters.